The number of hydrogen-bond donors (Lipinski definition) is 3. The van der Waals surface area contributed by atoms with E-state index in [9.17, 15) is 20.1 Å². The monoisotopic (exact) mass is 391 g/mol. The van der Waals surface area contributed by atoms with Gasteiger partial charge in [0.25, 0.3) is 0 Å². The van der Waals surface area contributed by atoms with Crippen molar-refractivity contribution < 1.29 is 24.8 Å². The number of hydrogen-bond acceptors (Lipinski definition) is 8. The highest BCUT2D eigenvalue weighted by Crippen LogP contribution is 2.28. The zero-order valence-corrected chi connectivity index (χ0v) is 15.6. The Morgan fingerprint density at radius 3 is 2.96 bits per heavy atom. The molecule has 0 radical (unpaired) electrons. The van der Waals surface area contributed by atoms with E-state index in [-0.39, 0.29) is 18.9 Å². The molecule has 2 aromatic rings. The molecule has 28 heavy (non-hydrogen) atoms. The molecule has 152 valence electrons. The molecule has 3 N–H and O–H groups in total. The molecule has 2 aromatic heterocycles. The number of ether oxygens (including phenoxy) is 2. The first-order chi connectivity index (χ1) is 13.5. The lowest BCUT2D eigenvalue weighted by molar-refractivity contribution is -0.0460. The van der Waals surface area contributed by atoms with Crippen molar-refractivity contribution in [3.8, 4) is 5.88 Å². The van der Waals surface area contributed by atoms with E-state index in [1.54, 1.807) is 31.6 Å². The molecule has 0 bridgehead atoms. The van der Waals surface area contributed by atoms with Crippen molar-refractivity contribution >= 4 is 0 Å². The fourth-order valence-electron chi connectivity index (χ4n) is 3.14. The Kier molecular flexibility index (Phi) is 6.74. The van der Waals surface area contributed by atoms with Crippen LogP contribution in [0.3, 0.4) is 0 Å². The second-order valence-electron chi connectivity index (χ2n) is 6.83. The van der Waals surface area contributed by atoms with E-state index in [1.165, 1.54) is 4.57 Å². The van der Waals surface area contributed by atoms with Crippen molar-refractivity contribution in [3.05, 3.63) is 52.3 Å². The summed E-state index contributed by atoms with van der Waals surface area (Å²) in [6, 6.07) is 3.58. The predicted octanol–water partition coefficient (Wildman–Crippen LogP) is 0.480. The topological polar surface area (TPSA) is 127 Å². The lowest BCUT2D eigenvalue weighted by Crippen LogP contribution is -2.28. The van der Waals surface area contributed by atoms with Gasteiger partial charge in [0.15, 0.2) is 0 Å². The summed E-state index contributed by atoms with van der Waals surface area (Å²) >= 11 is 0. The smallest absolute Gasteiger partial charge is 0.352 e. The molecule has 1 fully saturated rings. The van der Waals surface area contributed by atoms with Gasteiger partial charge in [0.1, 0.15) is 12.3 Å². The van der Waals surface area contributed by atoms with Crippen molar-refractivity contribution in [2.45, 2.75) is 50.7 Å². The Morgan fingerprint density at radius 2 is 2.29 bits per heavy atom. The molecule has 9 heteroatoms. The minimum absolute atomic E-state index is 0.207. The maximum atomic E-state index is 12.3. The minimum atomic E-state index is -0.829. The molecule has 3 heterocycles. The van der Waals surface area contributed by atoms with Crippen LogP contribution < -0.4 is 10.4 Å². The van der Waals surface area contributed by atoms with Crippen LogP contribution in [0.4, 0.5) is 0 Å². The maximum Gasteiger partial charge on any atom is 0.352 e. The average molecular weight is 391 g/mol. The number of pyridine rings is 1. The van der Waals surface area contributed by atoms with Crippen LogP contribution in [0.25, 0.3) is 0 Å². The van der Waals surface area contributed by atoms with Gasteiger partial charge in [0.2, 0.25) is 5.88 Å². The van der Waals surface area contributed by atoms with Crippen LogP contribution in [-0.4, -0.2) is 55.3 Å². The van der Waals surface area contributed by atoms with E-state index < -0.39 is 30.2 Å². The molecule has 4 atom stereocenters. The summed E-state index contributed by atoms with van der Waals surface area (Å²) in [5, 5.41) is 29.1. The Balaban J connectivity index is 1.55. The largest absolute Gasteiger partial charge is 0.477 e. The van der Waals surface area contributed by atoms with Gasteiger partial charge < -0.3 is 24.8 Å². The van der Waals surface area contributed by atoms with E-state index in [4.69, 9.17) is 9.47 Å². The van der Waals surface area contributed by atoms with Crippen molar-refractivity contribution in [1.82, 2.24) is 14.5 Å². The number of aliphatic hydroxyl groups excluding tert-OH is 3. The van der Waals surface area contributed by atoms with Crippen molar-refractivity contribution in [3.63, 3.8) is 0 Å². The average Bonchev–Trinajstić information content (AvgIpc) is 3.08. The molecule has 0 aliphatic carbocycles. The van der Waals surface area contributed by atoms with Gasteiger partial charge in [0, 0.05) is 30.6 Å². The van der Waals surface area contributed by atoms with Gasteiger partial charge in [-0.25, -0.2) is 4.79 Å². The Labute approximate surface area is 162 Å². The molecule has 1 saturated heterocycles. The number of aryl methyl sites for hydroxylation is 1. The van der Waals surface area contributed by atoms with E-state index in [0.29, 0.717) is 25.0 Å². The van der Waals surface area contributed by atoms with Crippen LogP contribution in [0.5, 0.6) is 5.88 Å². The fraction of sp³-hybridized carbons (Fsp3) is 0.526. The summed E-state index contributed by atoms with van der Waals surface area (Å²) in [6.07, 6.45) is 3.31. The molecule has 1 aliphatic heterocycles. The number of rotatable bonds is 8. The maximum absolute atomic E-state index is 12.3. The van der Waals surface area contributed by atoms with Crippen LogP contribution >= 0.6 is 0 Å². The SMILES string of the molecule is Cc1cn([C@H]2C[C@H](O)[C@@H](CO)O2)c(=O)nc1OCCCC(O)c1cccnc1. The highest BCUT2D eigenvalue weighted by molar-refractivity contribution is 5.21. The summed E-state index contributed by atoms with van der Waals surface area (Å²) in [4.78, 5) is 20.2. The van der Waals surface area contributed by atoms with Crippen molar-refractivity contribution in [2.75, 3.05) is 13.2 Å². The third kappa shape index (κ3) is 4.74. The number of aromatic nitrogens is 3. The summed E-state index contributed by atoms with van der Waals surface area (Å²) < 4.78 is 12.4. The van der Waals surface area contributed by atoms with Crippen LogP contribution in [0, 0.1) is 6.92 Å². The van der Waals surface area contributed by atoms with Gasteiger partial charge in [0.05, 0.1) is 25.4 Å². The number of aliphatic hydroxyl groups is 3. The second kappa shape index (κ2) is 9.24. The van der Waals surface area contributed by atoms with Crippen LogP contribution in [-0.2, 0) is 4.74 Å². The van der Waals surface area contributed by atoms with E-state index in [1.807, 2.05) is 6.07 Å². The Morgan fingerprint density at radius 1 is 1.46 bits per heavy atom. The lowest BCUT2D eigenvalue weighted by Gasteiger charge is -2.16. The zero-order chi connectivity index (χ0) is 20.1. The van der Waals surface area contributed by atoms with Crippen molar-refractivity contribution in [1.29, 1.82) is 0 Å². The molecule has 3 rings (SSSR count). The van der Waals surface area contributed by atoms with Gasteiger partial charge in [-0.15, -0.1) is 0 Å². The highest BCUT2D eigenvalue weighted by atomic mass is 16.5. The quantitative estimate of drug-likeness (QED) is 0.555. The summed E-state index contributed by atoms with van der Waals surface area (Å²) in [7, 11) is 0. The number of nitrogens with zero attached hydrogens (tertiary/aromatic N) is 3. The zero-order valence-electron chi connectivity index (χ0n) is 15.6. The molecule has 0 saturated carbocycles. The highest BCUT2D eigenvalue weighted by Gasteiger charge is 2.35. The van der Waals surface area contributed by atoms with Crippen LogP contribution in [0.2, 0.25) is 0 Å². The van der Waals surface area contributed by atoms with Crippen molar-refractivity contribution in [2.24, 2.45) is 0 Å². The molecule has 0 spiro atoms. The Hall–Kier alpha value is -2.33. The predicted molar refractivity (Wildman–Crippen MR) is 98.8 cm³/mol. The fourth-order valence-corrected chi connectivity index (χ4v) is 3.14. The normalized spacial score (nSPS) is 22.9. The first-order valence-electron chi connectivity index (χ1n) is 9.24. The summed E-state index contributed by atoms with van der Waals surface area (Å²) in [6.45, 7) is 1.75. The van der Waals surface area contributed by atoms with E-state index in [2.05, 4.69) is 9.97 Å². The van der Waals surface area contributed by atoms with Gasteiger partial charge >= 0.3 is 5.69 Å². The molecule has 1 unspecified atom stereocenters. The first-order valence-corrected chi connectivity index (χ1v) is 9.24. The third-order valence-electron chi connectivity index (χ3n) is 4.71. The third-order valence-corrected chi connectivity index (χ3v) is 4.71. The van der Waals surface area contributed by atoms with E-state index in [0.717, 1.165) is 5.56 Å². The molecule has 0 aromatic carbocycles. The van der Waals surface area contributed by atoms with Gasteiger partial charge in [-0.05, 0) is 31.4 Å². The van der Waals surface area contributed by atoms with Crippen LogP contribution in [0.15, 0.2) is 35.5 Å². The summed E-state index contributed by atoms with van der Waals surface area (Å²) in [5.74, 6) is 0.231. The lowest BCUT2D eigenvalue weighted by atomic mass is 10.1. The second-order valence-corrected chi connectivity index (χ2v) is 6.83. The standard InChI is InChI=1S/C19H25N3O6/c1-12-10-22(17-8-15(25)16(11-23)28-17)19(26)21-18(12)27-7-3-5-14(24)13-4-2-6-20-9-13/h2,4,6,9-10,14-17,23-25H,3,5,7-8,11H2,1H3/t14?,15-,16+,17+/m0/s1. The van der Waals surface area contributed by atoms with Gasteiger partial charge in [-0.1, -0.05) is 6.07 Å². The van der Waals surface area contributed by atoms with Gasteiger partial charge in [-0.3, -0.25) is 9.55 Å². The van der Waals surface area contributed by atoms with Gasteiger partial charge in [-0.2, -0.15) is 4.98 Å². The first kappa shape index (κ1) is 20.4. The molecule has 1 aliphatic rings. The molecule has 0 amide bonds. The summed E-state index contributed by atoms with van der Waals surface area (Å²) in [5.41, 5.74) is 0.851. The van der Waals surface area contributed by atoms with E-state index >= 15 is 0 Å². The molecule has 9 nitrogen and oxygen atoms in total. The molecular weight excluding hydrogens is 366 g/mol. The Bertz CT molecular complexity index is 828. The minimum Gasteiger partial charge on any atom is -0.477 e. The molecular formula is C19H25N3O6. The van der Waals surface area contributed by atoms with Crippen LogP contribution in [0.1, 0.15) is 42.7 Å².